The standard InChI is InChI=1S/C13H16Cl2FN/c1-2-3-4-5-6-7-17-13-11(14)8-10(16)9-12(13)15/h2,8-9,17H,1,3-7H2. The van der Waals surface area contributed by atoms with Crippen molar-refractivity contribution in [3.63, 3.8) is 0 Å². The maximum atomic E-state index is 12.9. The van der Waals surface area contributed by atoms with Crippen LogP contribution in [0.15, 0.2) is 24.8 Å². The van der Waals surface area contributed by atoms with Gasteiger partial charge in [0, 0.05) is 6.54 Å². The molecule has 0 aliphatic rings. The molecule has 0 heterocycles. The zero-order valence-corrected chi connectivity index (χ0v) is 11.1. The lowest BCUT2D eigenvalue weighted by Gasteiger charge is -2.10. The third-order valence-electron chi connectivity index (χ3n) is 2.39. The Kier molecular flexibility index (Phi) is 6.38. The van der Waals surface area contributed by atoms with Crippen molar-refractivity contribution in [3.05, 3.63) is 40.7 Å². The SMILES string of the molecule is C=CCCCCCNc1c(Cl)cc(F)cc1Cl. The van der Waals surface area contributed by atoms with Gasteiger partial charge < -0.3 is 5.32 Å². The van der Waals surface area contributed by atoms with Crippen molar-refractivity contribution in [1.29, 1.82) is 0 Å². The second-order valence-electron chi connectivity index (χ2n) is 3.81. The molecule has 0 aliphatic heterocycles. The van der Waals surface area contributed by atoms with Crippen LogP contribution in [0.25, 0.3) is 0 Å². The number of nitrogens with one attached hydrogen (secondary N) is 1. The Hall–Kier alpha value is -0.730. The van der Waals surface area contributed by atoms with E-state index < -0.39 is 5.82 Å². The first-order valence-electron chi connectivity index (χ1n) is 5.64. The molecule has 0 atom stereocenters. The third kappa shape index (κ3) is 4.97. The van der Waals surface area contributed by atoms with Crippen molar-refractivity contribution in [1.82, 2.24) is 0 Å². The summed E-state index contributed by atoms with van der Waals surface area (Å²) >= 11 is 11.8. The van der Waals surface area contributed by atoms with Crippen molar-refractivity contribution in [3.8, 4) is 0 Å². The fourth-order valence-electron chi connectivity index (χ4n) is 1.51. The van der Waals surface area contributed by atoms with E-state index in [9.17, 15) is 4.39 Å². The van der Waals surface area contributed by atoms with Gasteiger partial charge in [-0.05, 0) is 31.4 Å². The average molecular weight is 276 g/mol. The average Bonchev–Trinajstić information content (AvgIpc) is 2.26. The van der Waals surface area contributed by atoms with E-state index in [0.29, 0.717) is 15.7 Å². The Labute approximate surface area is 112 Å². The summed E-state index contributed by atoms with van der Waals surface area (Å²) < 4.78 is 12.9. The van der Waals surface area contributed by atoms with Crippen LogP contribution in [0, 0.1) is 5.82 Å². The Morgan fingerprint density at radius 2 is 1.82 bits per heavy atom. The number of halogens is 3. The predicted octanol–water partition coefficient (Wildman–Crippen LogP) is 5.29. The molecule has 17 heavy (non-hydrogen) atoms. The number of benzene rings is 1. The first-order valence-corrected chi connectivity index (χ1v) is 6.40. The summed E-state index contributed by atoms with van der Waals surface area (Å²) in [4.78, 5) is 0. The van der Waals surface area contributed by atoms with E-state index >= 15 is 0 Å². The van der Waals surface area contributed by atoms with Crippen LogP contribution in [0.5, 0.6) is 0 Å². The van der Waals surface area contributed by atoms with Crippen LogP contribution in [-0.4, -0.2) is 6.54 Å². The summed E-state index contributed by atoms with van der Waals surface area (Å²) in [6, 6.07) is 2.51. The highest BCUT2D eigenvalue weighted by molar-refractivity contribution is 6.39. The van der Waals surface area contributed by atoms with Gasteiger partial charge in [0.15, 0.2) is 0 Å². The molecule has 1 aromatic rings. The summed E-state index contributed by atoms with van der Waals surface area (Å²) in [5, 5.41) is 3.77. The lowest BCUT2D eigenvalue weighted by Crippen LogP contribution is -2.02. The van der Waals surface area contributed by atoms with Crippen LogP contribution in [0.4, 0.5) is 10.1 Å². The number of hydrogen-bond donors (Lipinski definition) is 1. The molecule has 0 fully saturated rings. The van der Waals surface area contributed by atoms with Crippen LogP contribution < -0.4 is 5.32 Å². The lowest BCUT2D eigenvalue weighted by atomic mass is 10.2. The largest absolute Gasteiger partial charge is 0.383 e. The van der Waals surface area contributed by atoms with Crippen molar-refractivity contribution in [2.75, 3.05) is 11.9 Å². The monoisotopic (exact) mass is 275 g/mol. The fraction of sp³-hybridized carbons (Fsp3) is 0.385. The van der Waals surface area contributed by atoms with Crippen LogP contribution in [0.2, 0.25) is 10.0 Å². The molecule has 0 bridgehead atoms. The van der Waals surface area contributed by atoms with Gasteiger partial charge in [0.1, 0.15) is 5.82 Å². The molecule has 94 valence electrons. The van der Waals surface area contributed by atoms with Gasteiger partial charge >= 0.3 is 0 Å². The van der Waals surface area contributed by atoms with Gasteiger partial charge in [0.2, 0.25) is 0 Å². The smallest absolute Gasteiger partial charge is 0.126 e. The number of unbranched alkanes of at least 4 members (excludes halogenated alkanes) is 3. The van der Waals surface area contributed by atoms with Gasteiger partial charge in [-0.15, -0.1) is 6.58 Å². The maximum absolute atomic E-state index is 12.9. The number of hydrogen-bond acceptors (Lipinski definition) is 1. The highest BCUT2D eigenvalue weighted by atomic mass is 35.5. The zero-order valence-electron chi connectivity index (χ0n) is 9.61. The zero-order chi connectivity index (χ0) is 12.7. The normalized spacial score (nSPS) is 10.3. The molecule has 0 aliphatic carbocycles. The number of rotatable bonds is 7. The van der Waals surface area contributed by atoms with Gasteiger partial charge in [0.05, 0.1) is 15.7 Å². The van der Waals surface area contributed by atoms with Crippen molar-refractivity contribution >= 4 is 28.9 Å². The summed E-state index contributed by atoms with van der Waals surface area (Å²) in [6.07, 6.45) is 6.24. The van der Waals surface area contributed by atoms with Crippen molar-refractivity contribution < 1.29 is 4.39 Å². The minimum absolute atomic E-state index is 0.320. The van der Waals surface area contributed by atoms with Gasteiger partial charge in [0.25, 0.3) is 0 Å². The minimum Gasteiger partial charge on any atom is -0.383 e. The molecule has 0 saturated heterocycles. The quantitative estimate of drug-likeness (QED) is 0.527. The molecule has 0 spiro atoms. The molecule has 0 unspecified atom stereocenters. The van der Waals surface area contributed by atoms with Gasteiger partial charge in [-0.25, -0.2) is 4.39 Å². The van der Waals surface area contributed by atoms with E-state index in [1.807, 2.05) is 6.08 Å². The molecular weight excluding hydrogens is 260 g/mol. The van der Waals surface area contributed by atoms with Crippen molar-refractivity contribution in [2.24, 2.45) is 0 Å². The summed E-state index contributed by atoms with van der Waals surface area (Å²) in [5.74, 6) is -0.420. The highest BCUT2D eigenvalue weighted by Crippen LogP contribution is 2.31. The maximum Gasteiger partial charge on any atom is 0.126 e. The Bertz CT molecular complexity index is 357. The molecule has 4 heteroatoms. The van der Waals surface area contributed by atoms with Crippen LogP contribution in [0.1, 0.15) is 25.7 Å². The first kappa shape index (κ1) is 14.3. The molecule has 1 N–H and O–H groups in total. The fourth-order valence-corrected chi connectivity index (χ4v) is 2.11. The van der Waals surface area contributed by atoms with E-state index in [0.717, 1.165) is 32.2 Å². The van der Waals surface area contributed by atoms with Gasteiger partial charge in [-0.1, -0.05) is 35.7 Å². The highest BCUT2D eigenvalue weighted by Gasteiger charge is 2.07. The second-order valence-corrected chi connectivity index (χ2v) is 4.62. The molecular formula is C13H16Cl2FN. The molecule has 1 aromatic carbocycles. The van der Waals surface area contributed by atoms with Crippen molar-refractivity contribution in [2.45, 2.75) is 25.7 Å². The molecule has 0 saturated carbocycles. The molecule has 0 aromatic heterocycles. The van der Waals surface area contributed by atoms with Gasteiger partial charge in [-0.3, -0.25) is 0 Å². The first-order chi connectivity index (χ1) is 8.15. The summed E-state index contributed by atoms with van der Waals surface area (Å²) in [6.45, 7) is 4.45. The second kappa shape index (κ2) is 7.57. The Balaban J connectivity index is 2.39. The Morgan fingerprint density at radius 3 is 2.41 bits per heavy atom. The van der Waals surface area contributed by atoms with E-state index in [4.69, 9.17) is 23.2 Å². The lowest BCUT2D eigenvalue weighted by molar-refractivity contribution is 0.628. The van der Waals surface area contributed by atoms with E-state index in [-0.39, 0.29) is 0 Å². The molecule has 0 radical (unpaired) electrons. The summed E-state index contributed by atoms with van der Waals surface area (Å²) in [5.41, 5.74) is 0.610. The molecule has 1 nitrogen and oxygen atoms in total. The summed E-state index contributed by atoms with van der Waals surface area (Å²) in [7, 11) is 0. The molecule has 0 amide bonds. The number of anilines is 1. The van der Waals surface area contributed by atoms with E-state index in [1.54, 1.807) is 0 Å². The van der Waals surface area contributed by atoms with Crippen LogP contribution >= 0.6 is 23.2 Å². The minimum atomic E-state index is -0.420. The van der Waals surface area contributed by atoms with E-state index in [2.05, 4.69) is 11.9 Å². The van der Waals surface area contributed by atoms with Gasteiger partial charge in [-0.2, -0.15) is 0 Å². The topological polar surface area (TPSA) is 12.0 Å². The number of allylic oxidation sites excluding steroid dienone is 1. The predicted molar refractivity (Wildman–Crippen MR) is 73.6 cm³/mol. The van der Waals surface area contributed by atoms with Crippen LogP contribution in [0.3, 0.4) is 0 Å². The van der Waals surface area contributed by atoms with Crippen LogP contribution in [-0.2, 0) is 0 Å². The molecule has 1 rings (SSSR count). The Morgan fingerprint density at radius 1 is 1.18 bits per heavy atom. The van der Waals surface area contributed by atoms with E-state index in [1.165, 1.54) is 12.1 Å². The third-order valence-corrected chi connectivity index (χ3v) is 2.99.